The summed E-state index contributed by atoms with van der Waals surface area (Å²) in [6, 6.07) is 8.89. The molecule has 2 aromatic rings. The molecule has 3 rings (SSSR count). The number of halogens is 3. The van der Waals surface area contributed by atoms with Gasteiger partial charge in [-0.2, -0.15) is 4.31 Å². The van der Waals surface area contributed by atoms with Crippen LogP contribution in [0.1, 0.15) is 18.4 Å². The van der Waals surface area contributed by atoms with Gasteiger partial charge in [0.2, 0.25) is 21.8 Å². The smallest absolute Gasteiger partial charge is 0.243 e. The Morgan fingerprint density at radius 3 is 2.33 bits per heavy atom. The first-order chi connectivity index (χ1) is 15.6. The van der Waals surface area contributed by atoms with Crippen molar-refractivity contribution in [3.05, 3.63) is 64.7 Å². The molecular formula is C22H24ClF2N3O4S. The van der Waals surface area contributed by atoms with Crippen LogP contribution in [-0.2, 0) is 26.0 Å². The second-order valence-electron chi connectivity index (χ2n) is 7.93. The van der Waals surface area contributed by atoms with Gasteiger partial charge in [0.15, 0.2) is 0 Å². The van der Waals surface area contributed by atoms with Crippen molar-refractivity contribution >= 4 is 33.4 Å². The Balaban J connectivity index is 1.54. The fourth-order valence-electron chi connectivity index (χ4n) is 3.69. The van der Waals surface area contributed by atoms with Crippen LogP contribution in [0.3, 0.4) is 0 Å². The van der Waals surface area contributed by atoms with Gasteiger partial charge in [0.1, 0.15) is 11.6 Å². The average Bonchev–Trinajstić information content (AvgIpc) is 2.79. The van der Waals surface area contributed by atoms with Crippen LogP contribution < -0.4 is 11.1 Å². The largest absolute Gasteiger partial charge is 0.369 e. The number of piperidine rings is 1. The predicted molar refractivity (Wildman–Crippen MR) is 119 cm³/mol. The van der Waals surface area contributed by atoms with E-state index < -0.39 is 39.4 Å². The van der Waals surface area contributed by atoms with Crippen molar-refractivity contribution in [2.75, 3.05) is 19.6 Å². The minimum atomic E-state index is -3.86. The molecule has 7 nitrogen and oxygen atoms in total. The molecule has 1 atom stereocenters. The molecule has 178 valence electrons. The lowest BCUT2D eigenvalue weighted by molar-refractivity contribution is -0.127. The molecule has 0 spiro atoms. The van der Waals surface area contributed by atoms with Crippen molar-refractivity contribution in [1.29, 1.82) is 0 Å². The molecular weight excluding hydrogens is 476 g/mol. The number of nitrogens with two attached hydrogens (primary N) is 1. The predicted octanol–water partition coefficient (Wildman–Crippen LogP) is 2.48. The first-order valence-electron chi connectivity index (χ1n) is 10.3. The number of carbonyl (C=O) groups is 2. The average molecular weight is 500 g/mol. The van der Waals surface area contributed by atoms with E-state index >= 15 is 0 Å². The first-order valence-corrected chi connectivity index (χ1v) is 12.2. The van der Waals surface area contributed by atoms with Gasteiger partial charge < -0.3 is 11.1 Å². The van der Waals surface area contributed by atoms with E-state index in [2.05, 4.69) is 5.32 Å². The van der Waals surface area contributed by atoms with E-state index in [1.54, 1.807) is 12.1 Å². The van der Waals surface area contributed by atoms with Gasteiger partial charge >= 0.3 is 0 Å². The van der Waals surface area contributed by atoms with E-state index in [-0.39, 0.29) is 41.9 Å². The lowest BCUT2D eigenvalue weighted by Crippen LogP contribution is -2.45. The van der Waals surface area contributed by atoms with Crippen LogP contribution in [0.25, 0.3) is 0 Å². The van der Waals surface area contributed by atoms with Crippen LogP contribution in [-0.4, -0.2) is 44.2 Å². The number of sulfonamides is 1. The molecule has 1 fully saturated rings. The SMILES string of the molecule is NC(=O)C(CNC(=O)C1CCN(S(=O)(=O)c2ccc(F)c(Cl)c2)CC1)Cc1ccc(F)cc1. The van der Waals surface area contributed by atoms with Gasteiger partial charge in [-0.1, -0.05) is 23.7 Å². The van der Waals surface area contributed by atoms with Crippen LogP contribution in [0.4, 0.5) is 8.78 Å². The van der Waals surface area contributed by atoms with E-state index in [4.69, 9.17) is 17.3 Å². The highest BCUT2D eigenvalue weighted by Crippen LogP contribution is 2.26. The number of nitrogens with one attached hydrogen (secondary N) is 1. The Morgan fingerprint density at radius 1 is 1.12 bits per heavy atom. The maximum atomic E-state index is 13.4. The molecule has 33 heavy (non-hydrogen) atoms. The molecule has 1 heterocycles. The molecule has 0 radical (unpaired) electrons. The Labute approximate surface area is 195 Å². The molecule has 0 saturated carbocycles. The van der Waals surface area contributed by atoms with Crippen LogP contribution in [0.2, 0.25) is 5.02 Å². The number of amides is 2. The molecule has 0 aliphatic carbocycles. The first kappa shape index (κ1) is 25.1. The maximum absolute atomic E-state index is 13.4. The molecule has 2 amide bonds. The third-order valence-electron chi connectivity index (χ3n) is 5.67. The Kier molecular flexibility index (Phi) is 8.04. The molecule has 11 heteroatoms. The standard InChI is InChI=1S/C22H24ClF2N3O4S/c23-19-12-18(5-6-20(19)25)33(31,32)28-9-7-15(8-10-28)22(30)27-13-16(21(26)29)11-14-1-3-17(24)4-2-14/h1-6,12,15-16H,7-11,13H2,(H2,26,29)(H,27,30). The van der Waals surface area contributed by atoms with Gasteiger partial charge in [0.25, 0.3) is 0 Å². The van der Waals surface area contributed by atoms with Crippen molar-refractivity contribution in [2.24, 2.45) is 17.6 Å². The van der Waals surface area contributed by atoms with Crippen LogP contribution in [0.5, 0.6) is 0 Å². The molecule has 3 N–H and O–H groups in total. The van der Waals surface area contributed by atoms with Gasteiger partial charge in [0.05, 0.1) is 15.8 Å². The zero-order chi connectivity index (χ0) is 24.2. The molecule has 1 aliphatic rings. The zero-order valence-electron chi connectivity index (χ0n) is 17.6. The van der Waals surface area contributed by atoms with Crippen LogP contribution in [0.15, 0.2) is 47.4 Å². The zero-order valence-corrected chi connectivity index (χ0v) is 19.2. The topological polar surface area (TPSA) is 110 Å². The molecule has 1 aliphatic heterocycles. The quantitative estimate of drug-likeness (QED) is 0.581. The molecule has 0 aromatic heterocycles. The van der Waals surface area contributed by atoms with Gasteiger partial charge in [-0.15, -0.1) is 0 Å². The summed E-state index contributed by atoms with van der Waals surface area (Å²) in [7, 11) is -3.86. The van der Waals surface area contributed by atoms with Crippen LogP contribution >= 0.6 is 11.6 Å². The molecule has 1 saturated heterocycles. The maximum Gasteiger partial charge on any atom is 0.243 e. The van der Waals surface area contributed by atoms with Gasteiger partial charge in [0, 0.05) is 25.6 Å². The normalized spacial score (nSPS) is 16.3. The van der Waals surface area contributed by atoms with Crippen molar-refractivity contribution < 1.29 is 26.8 Å². The molecule has 2 aromatic carbocycles. The number of carbonyl (C=O) groups excluding carboxylic acids is 2. The van der Waals surface area contributed by atoms with E-state index in [9.17, 15) is 26.8 Å². The summed E-state index contributed by atoms with van der Waals surface area (Å²) in [5, 5.41) is 2.44. The number of benzene rings is 2. The summed E-state index contributed by atoms with van der Waals surface area (Å²) in [6.45, 7) is 0.257. The van der Waals surface area contributed by atoms with E-state index in [1.807, 2.05) is 0 Å². The van der Waals surface area contributed by atoms with Crippen LogP contribution in [0, 0.1) is 23.5 Å². The lowest BCUT2D eigenvalue weighted by Gasteiger charge is -2.30. The molecule has 0 bridgehead atoms. The number of hydrogen-bond donors (Lipinski definition) is 2. The van der Waals surface area contributed by atoms with Crippen molar-refractivity contribution in [2.45, 2.75) is 24.2 Å². The van der Waals surface area contributed by atoms with Gasteiger partial charge in [-0.3, -0.25) is 9.59 Å². The Bertz CT molecular complexity index is 1120. The summed E-state index contributed by atoms with van der Waals surface area (Å²) in [4.78, 5) is 24.3. The van der Waals surface area contributed by atoms with E-state index in [1.165, 1.54) is 16.4 Å². The van der Waals surface area contributed by atoms with Gasteiger partial charge in [-0.25, -0.2) is 17.2 Å². The van der Waals surface area contributed by atoms with E-state index in [0.717, 1.165) is 18.2 Å². The second kappa shape index (κ2) is 10.6. The number of rotatable bonds is 8. The third kappa shape index (κ3) is 6.27. The van der Waals surface area contributed by atoms with Crippen molar-refractivity contribution in [3.63, 3.8) is 0 Å². The lowest BCUT2D eigenvalue weighted by atomic mass is 9.95. The number of nitrogens with zero attached hydrogens (tertiary/aromatic N) is 1. The second-order valence-corrected chi connectivity index (χ2v) is 10.3. The minimum absolute atomic E-state index is 0.0259. The Morgan fingerprint density at radius 2 is 1.76 bits per heavy atom. The number of hydrogen-bond acceptors (Lipinski definition) is 4. The number of primary amides is 1. The third-order valence-corrected chi connectivity index (χ3v) is 7.86. The monoisotopic (exact) mass is 499 g/mol. The fourth-order valence-corrected chi connectivity index (χ4v) is 5.43. The van der Waals surface area contributed by atoms with E-state index in [0.29, 0.717) is 18.4 Å². The van der Waals surface area contributed by atoms with Crippen molar-refractivity contribution in [1.82, 2.24) is 9.62 Å². The summed E-state index contributed by atoms with van der Waals surface area (Å²) < 4.78 is 53.2. The minimum Gasteiger partial charge on any atom is -0.369 e. The molecule has 1 unspecified atom stereocenters. The highest BCUT2D eigenvalue weighted by atomic mass is 35.5. The fraction of sp³-hybridized carbons (Fsp3) is 0.364. The summed E-state index contributed by atoms with van der Waals surface area (Å²) in [6.07, 6.45) is 0.838. The summed E-state index contributed by atoms with van der Waals surface area (Å²) >= 11 is 5.70. The van der Waals surface area contributed by atoms with Crippen molar-refractivity contribution in [3.8, 4) is 0 Å². The summed E-state index contributed by atoms with van der Waals surface area (Å²) in [5.41, 5.74) is 6.17. The van der Waals surface area contributed by atoms with Gasteiger partial charge in [-0.05, 0) is 55.2 Å². The summed E-state index contributed by atoms with van der Waals surface area (Å²) in [5.74, 6) is -3.06. The Hall–Kier alpha value is -2.56. The highest BCUT2D eigenvalue weighted by molar-refractivity contribution is 7.89. The highest BCUT2D eigenvalue weighted by Gasteiger charge is 2.32.